The first-order valence-corrected chi connectivity index (χ1v) is 8.68. The number of carbonyl (C=O) groups is 1. The highest BCUT2D eigenvalue weighted by Gasteiger charge is 2.20. The van der Waals surface area contributed by atoms with Crippen molar-refractivity contribution in [3.63, 3.8) is 0 Å². The summed E-state index contributed by atoms with van der Waals surface area (Å²) in [4.78, 5) is 12.9. The number of ether oxygens (including phenoxy) is 1. The smallest absolute Gasteiger partial charge is 0.272 e. The summed E-state index contributed by atoms with van der Waals surface area (Å²) in [6, 6.07) is 13.8. The van der Waals surface area contributed by atoms with E-state index in [4.69, 9.17) is 4.74 Å². The Kier molecular flexibility index (Phi) is 4.79. The van der Waals surface area contributed by atoms with Gasteiger partial charge in [-0.2, -0.15) is 0 Å². The second kappa shape index (κ2) is 7.01. The molecule has 0 saturated heterocycles. The van der Waals surface area contributed by atoms with Crippen molar-refractivity contribution in [2.45, 2.75) is 34.2 Å². The maximum absolute atomic E-state index is 12.9. The number of anilines is 1. The average molecular weight is 336 g/mol. The van der Waals surface area contributed by atoms with E-state index in [-0.39, 0.29) is 5.91 Å². The SMILES string of the molecule is CCOc1ccc2c(c1)c(C)c(C(=O)Nc1ccc(C)cc1)n2CC. The van der Waals surface area contributed by atoms with Crippen LogP contribution in [0.25, 0.3) is 10.9 Å². The van der Waals surface area contributed by atoms with Crippen molar-refractivity contribution in [2.24, 2.45) is 0 Å². The molecule has 0 aliphatic rings. The zero-order valence-corrected chi connectivity index (χ0v) is 15.2. The summed E-state index contributed by atoms with van der Waals surface area (Å²) >= 11 is 0. The number of amides is 1. The highest BCUT2D eigenvalue weighted by atomic mass is 16.5. The number of fused-ring (bicyclic) bond motifs is 1. The molecule has 1 N–H and O–H groups in total. The van der Waals surface area contributed by atoms with E-state index in [0.717, 1.165) is 34.4 Å². The molecule has 0 saturated carbocycles. The van der Waals surface area contributed by atoms with E-state index < -0.39 is 0 Å². The third-order valence-electron chi connectivity index (χ3n) is 4.44. The largest absolute Gasteiger partial charge is 0.494 e. The second-order valence-electron chi connectivity index (χ2n) is 6.15. The van der Waals surface area contributed by atoms with Crippen LogP contribution in [0.1, 0.15) is 35.5 Å². The van der Waals surface area contributed by atoms with Crippen LogP contribution in [0, 0.1) is 13.8 Å². The third kappa shape index (κ3) is 3.25. The number of aromatic nitrogens is 1. The molecule has 3 aromatic rings. The molecular formula is C21H24N2O2. The van der Waals surface area contributed by atoms with Crippen molar-refractivity contribution in [1.82, 2.24) is 4.57 Å². The van der Waals surface area contributed by atoms with Crippen molar-refractivity contribution in [3.05, 3.63) is 59.3 Å². The summed E-state index contributed by atoms with van der Waals surface area (Å²) in [7, 11) is 0. The number of nitrogens with zero attached hydrogens (tertiary/aromatic N) is 1. The lowest BCUT2D eigenvalue weighted by Crippen LogP contribution is -2.17. The molecule has 0 aliphatic heterocycles. The van der Waals surface area contributed by atoms with E-state index in [0.29, 0.717) is 12.3 Å². The van der Waals surface area contributed by atoms with Crippen LogP contribution in [0.4, 0.5) is 5.69 Å². The predicted octanol–water partition coefficient (Wildman–Crippen LogP) is 4.93. The molecule has 3 rings (SSSR count). The van der Waals surface area contributed by atoms with Crippen LogP contribution in [0.5, 0.6) is 5.75 Å². The maximum Gasteiger partial charge on any atom is 0.272 e. The van der Waals surface area contributed by atoms with Gasteiger partial charge in [0.05, 0.1) is 6.61 Å². The first-order chi connectivity index (χ1) is 12.0. The molecule has 4 heteroatoms. The Morgan fingerprint density at radius 2 is 1.80 bits per heavy atom. The summed E-state index contributed by atoms with van der Waals surface area (Å²) in [5, 5.41) is 4.07. The molecule has 2 aromatic carbocycles. The van der Waals surface area contributed by atoms with Crippen molar-refractivity contribution in [3.8, 4) is 5.75 Å². The quantitative estimate of drug-likeness (QED) is 0.718. The number of benzene rings is 2. The van der Waals surface area contributed by atoms with E-state index in [2.05, 4.69) is 16.8 Å². The standard InChI is InChI=1S/C21H24N2O2/c1-5-23-19-12-11-17(25-6-2)13-18(19)15(4)20(23)21(24)22-16-9-7-14(3)8-10-16/h7-13H,5-6H2,1-4H3,(H,22,24). The fourth-order valence-corrected chi connectivity index (χ4v) is 3.21. The van der Waals surface area contributed by atoms with Gasteiger partial charge in [-0.15, -0.1) is 0 Å². The van der Waals surface area contributed by atoms with Crippen molar-refractivity contribution < 1.29 is 9.53 Å². The Bertz CT molecular complexity index is 908. The van der Waals surface area contributed by atoms with Crippen LogP contribution in [0.2, 0.25) is 0 Å². The van der Waals surface area contributed by atoms with Gasteiger partial charge in [0.15, 0.2) is 0 Å². The van der Waals surface area contributed by atoms with Crippen molar-refractivity contribution in [2.75, 3.05) is 11.9 Å². The van der Waals surface area contributed by atoms with E-state index in [1.54, 1.807) is 0 Å². The normalized spacial score (nSPS) is 10.9. The van der Waals surface area contributed by atoms with E-state index in [1.165, 1.54) is 5.56 Å². The number of hydrogen-bond acceptors (Lipinski definition) is 2. The first kappa shape index (κ1) is 17.1. The minimum Gasteiger partial charge on any atom is -0.494 e. The topological polar surface area (TPSA) is 43.3 Å². The van der Waals surface area contributed by atoms with Gasteiger partial charge in [0.2, 0.25) is 0 Å². The van der Waals surface area contributed by atoms with Crippen LogP contribution in [0.3, 0.4) is 0 Å². The van der Waals surface area contributed by atoms with E-state index in [1.807, 2.05) is 63.2 Å². The molecule has 0 spiro atoms. The zero-order chi connectivity index (χ0) is 18.0. The monoisotopic (exact) mass is 336 g/mol. The molecule has 4 nitrogen and oxygen atoms in total. The minimum absolute atomic E-state index is 0.0858. The second-order valence-corrected chi connectivity index (χ2v) is 6.15. The average Bonchev–Trinajstić information content (AvgIpc) is 2.89. The Hall–Kier alpha value is -2.75. The summed E-state index contributed by atoms with van der Waals surface area (Å²) in [6.07, 6.45) is 0. The van der Waals surface area contributed by atoms with Gasteiger partial charge < -0.3 is 14.6 Å². The number of aryl methyl sites for hydroxylation is 3. The highest BCUT2D eigenvalue weighted by Crippen LogP contribution is 2.30. The molecular weight excluding hydrogens is 312 g/mol. The minimum atomic E-state index is -0.0858. The molecule has 0 fully saturated rings. The van der Waals surface area contributed by atoms with Gasteiger partial charge >= 0.3 is 0 Å². The van der Waals surface area contributed by atoms with Gasteiger partial charge in [-0.1, -0.05) is 17.7 Å². The summed E-state index contributed by atoms with van der Waals surface area (Å²) < 4.78 is 7.67. The molecule has 1 aromatic heterocycles. The van der Waals surface area contributed by atoms with Crippen molar-refractivity contribution in [1.29, 1.82) is 0 Å². The molecule has 1 amide bonds. The van der Waals surface area contributed by atoms with E-state index >= 15 is 0 Å². The van der Waals surface area contributed by atoms with Crippen LogP contribution in [-0.2, 0) is 6.54 Å². The Labute approximate surface area is 148 Å². The number of nitrogens with one attached hydrogen (secondary N) is 1. The first-order valence-electron chi connectivity index (χ1n) is 8.68. The van der Waals surface area contributed by atoms with Crippen LogP contribution < -0.4 is 10.1 Å². The molecule has 130 valence electrons. The fraction of sp³-hybridized carbons (Fsp3) is 0.286. The van der Waals surface area contributed by atoms with Gasteiger partial charge in [0.25, 0.3) is 5.91 Å². The van der Waals surface area contributed by atoms with E-state index in [9.17, 15) is 4.79 Å². The van der Waals surface area contributed by atoms with Gasteiger partial charge in [0.1, 0.15) is 11.4 Å². The van der Waals surface area contributed by atoms with Crippen LogP contribution in [-0.4, -0.2) is 17.1 Å². The molecule has 25 heavy (non-hydrogen) atoms. The third-order valence-corrected chi connectivity index (χ3v) is 4.44. The lowest BCUT2D eigenvalue weighted by molar-refractivity contribution is 0.101. The van der Waals surface area contributed by atoms with Crippen molar-refractivity contribution >= 4 is 22.5 Å². The number of hydrogen-bond donors (Lipinski definition) is 1. The van der Waals surface area contributed by atoms with Crippen LogP contribution in [0.15, 0.2) is 42.5 Å². The maximum atomic E-state index is 12.9. The Morgan fingerprint density at radius 3 is 2.44 bits per heavy atom. The van der Waals surface area contributed by atoms with Crippen LogP contribution >= 0.6 is 0 Å². The molecule has 1 heterocycles. The van der Waals surface area contributed by atoms with Gasteiger partial charge in [-0.3, -0.25) is 4.79 Å². The molecule has 0 bridgehead atoms. The summed E-state index contributed by atoms with van der Waals surface area (Å²) in [5.74, 6) is 0.745. The van der Waals surface area contributed by atoms with Gasteiger partial charge in [0, 0.05) is 23.1 Å². The summed E-state index contributed by atoms with van der Waals surface area (Å²) in [5.41, 5.74) is 4.70. The Balaban J connectivity index is 2.03. The highest BCUT2D eigenvalue weighted by molar-refractivity contribution is 6.08. The number of rotatable bonds is 5. The molecule has 0 aliphatic carbocycles. The fourth-order valence-electron chi connectivity index (χ4n) is 3.21. The zero-order valence-electron chi connectivity index (χ0n) is 15.2. The van der Waals surface area contributed by atoms with Gasteiger partial charge in [-0.25, -0.2) is 0 Å². The molecule has 0 atom stereocenters. The predicted molar refractivity (Wildman–Crippen MR) is 103 cm³/mol. The Morgan fingerprint density at radius 1 is 1.08 bits per heavy atom. The lowest BCUT2D eigenvalue weighted by atomic mass is 10.1. The molecule has 0 radical (unpaired) electrons. The van der Waals surface area contributed by atoms with Gasteiger partial charge in [-0.05, 0) is 63.6 Å². The number of carbonyl (C=O) groups excluding carboxylic acids is 1. The summed E-state index contributed by atoms with van der Waals surface area (Å²) in [6.45, 7) is 9.40. The lowest BCUT2D eigenvalue weighted by Gasteiger charge is -2.10. The molecule has 0 unspecified atom stereocenters.